The molecule has 2 heterocycles. The number of carbonyl (C=O) groups excluding carboxylic acids is 3. The number of halogens is 3. The van der Waals surface area contributed by atoms with E-state index in [4.69, 9.17) is 10.5 Å². The summed E-state index contributed by atoms with van der Waals surface area (Å²) in [6.45, 7) is -0.0951. The quantitative estimate of drug-likeness (QED) is 0.149. The molecule has 0 spiro atoms. The summed E-state index contributed by atoms with van der Waals surface area (Å²) in [4.78, 5) is 55.2. The number of nitrogens with two attached hydrogens (primary N) is 1. The number of hydrogen-bond donors (Lipinski definition) is 3. The lowest BCUT2D eigenvalue weighted by Gasteiger charge is -2.18. The van der Waals surface area contributed by atoms with Crippen LogP contribution in [-0.4, -0.2) is 33.3 Å². The molecule has 0 aliphatic rings. The van der Waals surface area contributed by atoms with Gasteiger partial charge in [-0.15, -0.1) is 11.3 Å². The van der Waals surface area contributed by atoms with E-state index in [0.717, 1.165) is 24.3 Å². The molecule has 48 heavy (non-hydrogen) atoms. The van der Waals surface area contributed by atoms with Crippen LogP contribution in [0.4, 0.5) is 18.9 Å². The third-order valence-corrected chi connectivity index (χ3v) is 8.12. The summed E-state index contributed by atoms with van der Waals surface area (Å²) < 4.78 is 49.4. The molecule has 1 atom stereocenters. The molecule has 0 unspecified atom stereocenters. The van der Waals surface area contributed by atoms with Crippen LogP contribution in [0.25, 0.3) is 10.2 Å². The summed E-state index contributed by atoms with van der Waals surface area (Å²) in [5, 5.41) is 5.58. The molecule has 4 N–H and O–H groups in total. The minimum absolute atomic E-state index is 0.0146. The topological polar surface area (TPSA) is 145 Å². The van der Waals surface area contributed by atoms with Crippen molar-refractivity contribution < 1.29 is 32.3 Å². The summed E-state index contributed by atoms with van der Waals surface area (Å²) in [5.74, 6) is -4.01. The van der Waals surface area contributed by atoms with Gasteiger partial charge >= 0.3 is 0 Å². The molecule has 0 bridgehead atoms. The predicted octanol–water partition coefficient (Wildman–Crippen LogP) is 5.06. The largest absolute Gasteiger partial charge is 0.487 e. The van der Waals surface area contributed by atoms with E-state index in [1.165, 1.54) is 58.5 Å². The highest BCUT2D eigenvalue weighted by atomic mass is 32.1. The van der Waals surface area contributed by atoms with Crippen LogP contribution in [0.15, 0.2) is 95.9 Å². The number of benzene rings is 3. The minimum atomic E-state index is -1.20. The molecule has 246 valence electrons. The van der Waals surface area contributed by atoms with Crippen LogP contribution in [0.1, 0.15) is 33.8 Å². The first kappa shape index (κ1) is 33.6. The predicted molar refractivity (Wildman–Crippen MR) is 174 cm³/mol. The summed E-state index contributed by atoms with van der Waals surface area (Å²) >= 11 is 1.26. The molecule has 5 aromatic rings. The van der Waals surface area contributed by atoms with Crippen LogP contribution < -0.4 is 26.7 Å². The van der Waals surface area contributed by atoms with Crippen molar-refractivity contribution in [2.75, 3.05) is 5.32 Å². The maximum absolute atomic E-state index is 14.2. The van der Waals surface area contributed by atoms with E-state index in [1.54, 1.807) is 24.3 Å². The van der Waals surface area contributed by atoms with E-state index in [1.807, 2.05) is 0 Å². The zero-order valence-electron chi connectivity index (χ0n) is 25.1. The van der Waals surface area contributed by atoms with Crippen molar-refractivity contribution in [3.63, 3.8) is 0 Å². The summed E-state index contributed by atoms with van der Waals surface area (Å²) in [6.07, 6.45) is 4.25. The number of fused-ring (bicyclic) bond motifs is 1. The molecule has 2 aromatic heterocycles. The third kappa shape index (κ3) is 8.33. The number of ether oxygens (including phenoxy) is 1. The molecular weight excluding hydrogens is 647 g/mol. The fraction of sp³-hybridized carbons (Fsp3) is 0.147. The standard InChI is InChI=1S/C34H28F3N5O5S/c35-21-15-14-20(24(37)17-21)19-47-28-12-5-10-25-31(28)48-30(39-25)18-42-16-6-11-27(34(42)46)41-33(45)26(9-3-4-13-29(38)43)40-32(44)22-7-1-2-8-23(22)36/h1-2,4-8,10-17,26H,3,9,18-19H2,(H2,38,43)(H,40,44)(H,41,45)/b13-4+/t26-/m0/s1. The molecule has 0 aliphatic heterocycles. The Hall–Kier alpha value is -5.76. The highest BCUT2D eigenvalue weighted by Crippen LogP contribution is 2.32. The van der Waals surface area contributed by atoms with Crippen molar-refractivity contribution in [3.05, 3.63) is 135 Å². The van der Waals surface area contributed by atoms with Gasteiger partial charge < -0.3 is 25.7 Å². The second-order valence-electron chi connectivity index (χ2n) is 10.5. The Morgan fingerprint density at radius 1 is 1.00 bits per heavy atom. The van der Waals surface area contributed by atoms with Crippen LogP contribution in [0.3, 0.4) is 0 Å². The molecule has 3 amide bonds. The molecule has 0 radical (unpaired) electrons. The van der Waals surface area contributed by atoms with Crippen molar-refractivity contribution in [1.82, 2.24) is 14.9 Å². The van der Waals surface area contributed by atoms with E-state index in [2.05, 4.69) is 15.6 Å². The van der Waals surface area contributed by atoms with Gasteiger partial charge in [0.05, 0.1) is 22.3 Å². The average Bonchev–Trinajstić information content (AvgIpc) is 3.47. The van der Waals surface area contributed by atoms with Gasteiger partial charge in [-0.1, -0.05) is 24.3 Å². The first-order valence-electron chi connectivity index (χ1n) is 14.6. The van der Waals surface area contributed by atoms with Gasteiger partial charge in [-0.25, -0.2) is 18.2 Å². The Morgan fingerprint density at radius 3 is 2.58 bits per heavy atom. The van der Waals surface area contributed by atoms with Crippen LogP contribution in [0.5, 0.6) is 5.75 Å². The Bertz CT molecular complexity index is 2080. The Balaban J connectivity index is 1.31. The number of amides is 3. The summed E-state index contributed by atoms with van der Waals surface area (Å²) in [7, 11) is 0. The molecule has 0 saturated heterocycles. The van der Waals surface area contributed by atoms with Crippen molar-refractivity contribution in [3.8, 4) is 5.75 Å². The van der Waals surface area contributed by atoms with E-state index >= 15 is 0 Å². The fourth-order valence-corrected chi connectivity index (χ4v) is 5.71. The number of nitrogens with zero attached hydrogens (tertiary/aromatic N) is 2. The zero-order valence-corrected chi connectivity index (χ0v) is 25.9. The molecular formula is C34H28F3N5O5S. The van der Waals surface area contributed by atoms with Crippen LogP contribution >= 0.6 is 11.3 Å². The van der Waals surface area contributed by atoms with E-state index in [9.17, 15) is 32.3 Å². The fourth-order valence-electron chi connectivity index (χ4n) is 4.68. The van der Waals surface area contributed by atoms with Gasteiger partial charge in [0.1, 0.15) is 46.5 Å². The second kappa shape index (κ2) is 15.2. The number of nitrogens with one attached hydrogen (secondary N) is 2. The number of pyridine rings is 1. The van der Waals surface area contributed by atoms with E-state index in [-0.39, 0.29) is 42.8 Å². The number of hydrogen-bond acceptors (Lipinski definition) is 7. The number of aromatic nitrogens is 2. The number of anilines is 1. The molecule has 0 fully saturated rings. The zero-order chi connectivity index (χ0) is 34.2. The summed E-state index contributed by atoms with van der Waals surface area (Å²) in [5.41, 5.74) is 4.99. The number of rotatable bonds is 13. The number of allylic oxidation sites excluding steroid dienone is 1. The molecule has 10 nitrogen and oxygen atoms in total. The minimum Gasteiger partial charge on any atom is -0.487 e. The SMILES string of the molecule is NC(=O)/C=C/CC[C@H](NC(=O)c1ccccc1F)C(=O)Nc1cccn(Cc2nc3cccc(OCc4ccc(F)cc4F)c3s2)c1=O. The molecule has 0 aliphatic carbocycles. The van der Waals surface area contributed by atoms with Crippen LogP contribution in [0.2, 0.25) is 0 Å². The Kier molecular flexibility index (Phi) is 10.7. The number of primary amides is 1. The molecule has 3 aromatic carbocycles. The van der Waals surface area contributed by atoms with Gasteiger partial charge in [0.15, 0.2) is 0 Å². The van der Waals surface area contributed by atoms with Gasteiger partial charge in [-0.2, -0.15) is 0 Å². The lowest BCUT2D eigenvalue weighted by Crippen LogP contribution is -2.44. The smallest absolute Gasteiger partial charge is 0.274 e. The van der Waals surface area contributed by atoms with Gasteiger partial charge in [0.2, 0.25) is 11.8 Å². The van der Waals surface area contributed by atoms with Crippen molar-refractivity contribution >= 4 is 45.0 Å². The lowest BCUT2D eigenvalue weighted by atomic mass is 10.1. The highest BCUT2D eigenvalue weighted by molar-refractivity contribution is 7.19. The first-order chi connectivity index (χ1) is 23.1. The summed E-state index contributed by atoms with van der Waals surface area (Å²) in [6, 6.07) is 15.4. The maximum Gasteiger partial charge on any atom is 0.274 e. The Morgan fingerprint density at radius 2 is 1.81 bits per heavy atom. The lowest BCUT2D eigenvalue weighted by molar-refractivity contribution is -0.118. The van der Waals surface area contributed by atoms with Gasteiger partial charge in [0, 0.05) is 17.8 Å². The van der Waals surface area contributed by atoms with E-state index < -0.39 is 46.8 Å². The molecule has 14 heteroatoms. The van der Waals surface area contributed by atoms with Crippen molar-refractivity contribution in [2.24, 2.45) is 5.73 Å². The number of thiazole rings is 1. The normalized spacial score (nSPS) is 11.8. The van der Waals surface area contributed by atoms with Crippen LogP contribution in [0, 0.1) is 17.5 Å². The van der Waals surface area contributed by atoms with Crippen molar-refractivity contribution in [1.29, 1.82) is 0 Å². The molecule has 5 rings (SSSR count). The van der Waals surface area contributed by atoms with Gasteiger partial charge in [-0.3, -0.25) is 19.2 Å². The highest BCUT2D eigenvalue weighted by Gasteiger charge is 2.23. The molecule has 0 saturated carbocycles. The maximum atomic E-state index is 14.2. The number of carbonyl (C=O) groups is 3. The van der Waals surface area contributed by atoms with E-state index in [0.29, 0.717) is 21.0 Å². The third-order valence-electron chi connectivity index (χ3n) is 7.05. The Labute approximate surface area is 275 Å². The van der Waals surface area contributed by atoms with Crippen LogP contribution in [-0.2, 0) is 22.7 Å². The second-order valence-corrected chi connectivity index (χ2v) is 11.6. The monoisotopic (exact) mass is 675 g/mol. The first-order valence-corrected chi connectivity index (χ1v) is 15.4. The van der Waals surface area contributed by atoms with Crippen molar-refractivity contribution in [2.45, 2.75) is 32.0 Å². The van der Waals surface area contributed by atoms with Gasteiger partial charge in [0.25, 0.3) is 11.5 Å². The average molecular weight is 676 g/mol. The van der Waals surface area contributed by atoms with Gasteiger partial charge in [-0.05, 0) is 67.4 Å².